The van der Waals surface area contributed by atoms with Crippen molar-refractivity contribution < 1.29 is 26.7 Å². The van der Waals surface area contributed by atoms with Gasteiger partial charge in [-0.1, -0.05) is 15.9 Å². The number of nitrogens with one attached hydrogen (secondary N) is 1. The van der Waals surface area contributed by atoms with Crippen LogP contribution in [-0.2, 0) is 16.2 Å². The van der Waals surface area contributed by atoms with Gasteiger partial charge in [0, 0.05) is 4.47 Å². The van der Waals surface area contributed by atoms with E-state index in [0.29, 0.717) is 6.07 Å². The molecule has 0 amide bonds. The lowest BCUT2D eigenvalue weighted by Gasteiger charge is -2.11. The number of alkyl halides is 3. The zero-order valence-electron chi connectivity index (χ0n) is 8.83. The van der Waals surface area contributed by atoms with Gasteiger partial charge in [-0.15, -0.1) is 0 Å². The molecule has 1 rings (SSSR count). The van der Waals surface area contributed by atoms with E-state index < -0.39 is 34.1 Å². The van der Waals surface area contributed by atoms with E-state index in [1.165, 1.54) is 6.07 Å². The van der Waals surface area contributed by atoms with Gasteiger partial charge in [0.2, 0.25) is 10.0 Å². The van der Waals surface area contributed by atoms with Gasteiger partial charge in [0.15, 0.2) is 0 Å². The average Bonchev–Trinajstić information content (AvgIpc) is 2.13. The van der Waals surface area contributed by atoms with Crippen molar-refractivity contribution >= 4 is 31.6 Å². The molecule has 0 radical (unpaired) electrons. The molecular weight excluding hydrogens is 339 g/mol. The minimum atomic E-state index is -4.57. The number of anilines is 1. The standard InChI is InChI=1S/C9H9BrF3NO3S/c10-7-3-6(9(11,12)13)4-8(5-7)14-18(16,17)2-1-15/h3-5,14-15H,1-2H2. The van der Waals surface area contributed by atoms with Crippen molar-refractivity contribution in [2.24, 2.45) is 0 Å². The smallest absolute Gasteiger partial charge is 0.395 e. The van der Waals surface area contributed by atoms with Gasteiger partial charge in [-0.2, -0.15) is 13.2 Å². The van der Waals surface area contributed by atoms with Crippen LogP contribution in [0.3, 0.4) is 0 Å². The molecular formula is C9H9BrF3NO3S. The fourth-order valence-electron chi connectivity index (χ4n) is 1.16. The second kappa shape index (κ2) is 5.45. The van der Waals surface area contributed by atoms with Crippen molar-refractivity contribution in [3.8, 4) is 0 Å². The highest BCUT2D eigenvalue weighted by molar-refractivity contribution is 9.10. The molecule has 0 aromatic heterocycles. The molecule has 2 N–H and O–H groups in total. The average molecular weight is 348 g/mol. The molecule has 0 aliphatic carbocycles. The van der Waals surface area contributed by atoms with Crippen LogP contribution in [-0.4, -0.2) is 25.9 Å². The van der Waals surface area contributed by atoms with E-state index in [0.717, 1.165) is 6.07 Å². The zero-order valence-corrected chi connectivity index (χ0v) is 11.2. The molecule has 102 valence electrons. The van der Waals surface area contributed by atoms with Gasteiger partial charge in [0.25, 0.3) is 0 Å². The largest absolute Gasteiger partial charge is 0.416 e. The van der Waals surface area contributed by atoms with E-state index in [9.17, 15) is 21.6 Å². The Kier molecular flexibility index (Phi) is 4.62. The molecule has 0 spiro atoms. The Bertz CT molecular complexity index is 530. The molecule has 0 fully saturated rings. The van der Waals surface area contributed by atoms with Crippen molar-refractivity contribution in [2.75, 3.05) is 17.1 Å². The Hall–Kier alpha value is -0.800. The maximum atomic E-state index is 12.5. The lowest BCUT2D eigenvalue weighted by atomic mass is 10.2. The van der Waals surface area contributed by atoms with Crippen LogP contribution in [0.15, 0.2) is 22.7 Å². The molecule has 4 nitrogen and oxygen atoms in total. The molecule has 1 aromatic rings. The minimum absolute atomic E-state index is 0.0963. The predicted molar refractivity (Wildman–Crippen MR) is 63.6 cm³/mol. The SMILES string of the molecule is O=S(=O)(CCO)Nc1cc(Br)cc(C(F)(F)F)c1. The summed E-state index contributed by atoms with van der Waals surface area (Å²) in [6.45, 7) is -0.616. The summed E-state index contributed by atoms with van der Waals surface area (Å²) in [5.41, 5.74) is -1.19. The number of sulfonamides is 1. The van der Waals surface area contributed by atoms with Crippen LogP contribution in [0.2, 0.25) is 0 Å². The second-order valence-corrected chi connectivity index (χ2v) is 6.13. The summed E-state index contributed by atoms with van der Waals surface area (Å²) in [4.78, 5) is 0. The monoisotopic (exact) mass is 347 g/mol. The Balaban J connectivity index is 3.08. The highest BCUT2D eigenvalue weighted by Gasteiger charge is 2.31. The van der Waals surface area contributed by atoms with Crippen molar-refractivity contribution in [2.45, 2.75) is 6.18 Å². The second-order valence-electron chi connectivity index (χ2n) is 3.37. The lowest BCUT2D eigenvalue weighted by Crippen LogP contribution is -2.19. The maximum Gasteiger partial charge on any atom is 0.416 e. The van der Waals surface area contributed by atoms with Crippen LogP contribution in [0.1, 0.15) is 5.56 Å². The Labute approximate surface area is 110 Å². The van der Waals surface area contributed by atoms with E-state index in [-0.39, 0.29) is 10.2 Å². The van der Waals surface area contributed by atoms with Crippen LogP contribution in [0.5, 0.6) is 0 Å². The molecule has 0 bridgehead atoms. The Morgan fingerprint density at radius 2 is 1.89 bits per heavy atom. The minimum Gasteiger partial charge on any atom is -0.395 e. The molecule has 9 heteroatoms. The number of halogens is 4. The molecule has 0 heterocycles. The quantitative estimate of drug-likeness (QED) is 0.877. The normalized spacial score (nSPS) is 12.5. The number of hydrogen-bond acceptors (Lipinski definition) is 3. The third-order valence-electron chi connectivity index (χ3n) is 1.86. The first kappa shape index (κ1) is 15.3. The van der Waals surface area contributed by atoms with Crippen molar-refractivity contribution in [1.82, 2.24) is 0 Å². The van der Waals surface area contributed by atoms with Crippen LogP contribution in [0, 0.1) is 0 Å². The zero-order chi connectivity index (χ0) is 14.0. The molecule has 18 heavy (non-hydrogen) atoms. The van der Waals surface area contributed by atoms with Gasteiger partial charge in [-0.3, -0.25) is 4.72 Å². The molecule has 0 unspecified atom stereocenters. The van der Waals surface area contributed by atoms with Crippen LogP contribution < -0.4 is 4.72 Å². The summed E-state index contributed by atoms with van der Waals surface area (Å²) in [6.07, 6.45) is -4.57. The summed E-state index contributed by atoms with van der Waals surface area (Å²) in [7, 11) is -3.85. The number of aliphatic hydroxyl groups is 1. The van der Waals surface area contributed by atoms with Crippen molar-refractivity contribution in [3.05, 3.63) is 28.2 Å². The fraction of sp³-hybridized carbons (Fsp3) is 0.333. The number of aliphatic hydroxyl groups excluding tert-OH is 1. The molecule has 0 atom stereocenters. The third kappa shape index (κ3) is 4.46. The van der Waals surface area contributed by atoms with E-state index in [4.69, 9.17) is 5.11 Å². The van der Waals surface area contributed by atoms with E-state index in [2.05, 4.69) is 15.9 Å². The van der Waals surface area contributed by atoms with Gasteiger partial charge < -0.3 is 5.11 Å². The van der Waals surface area contributed by atoms with Gasteiger partial charge >= 0.3 is 6.18 Å². The Morgan fingerprint density at radius 3 is 2.39 bits per heavy atom. The van der Waals surface area contributed by atoms with Crippen LogP contribution in [0.4, 0.5) is 18.9 Å². The molecule has 0 aliphatic rings. The van der Waals surface area contributed by atoms with Crippen molar-refractivity contribution in [1.29, 1.82) is 0 Å². The first-order valence-corrected chi connectivity index (χ1v) is 7.08. The Morgan fingerprint density at radius 1 is 1.28 bits per heavy atom. The first-order chi connectivity index (χ1) is 8.14. The van der Waals surface area contributed by atoms with Gasteiger partial charge in [-0.25, -0.2) is 8.42 Å². The molecule has 1 aromatic carbocycles. The lowest BCUT2D eigenvalue weighted by molar-refractivity contribution is -0.137. The van der Waals surface area contributed by atoms with Gasteiger partial charge in [-0.05, 0) is 18.2 Å². The topological polar surface area (TPSA) is 66.4 Å². The van der Waals surface area contributed by atoms with Gasteiger partial charge in [0.05, 0.1) is 23.6 Å². The first-order valence-electron chi connectivity index (χ1n) is 4.63. The summed E-state index contributed by atoms with van der Waals surface area (Å²) >= 11 is 2.87. The highest BCUT2D eigenvalue weighted by atomic mass is 79.9. The summed E-state index contributed by atoms with van der Waals surface area (Å²) < 4.78 is 62.1. The van der Waals surface area contributed by atoms with E-state index >= 15 is 0 Å². The van der Waals surface area contributed by atoms with E-state index in [1.807, 2.05) is 4.72 Å². The van der Waals surface area contributed by atoms with E-state index in [1.54, 1.807) is 0 Å². The predicted octanol–water partition coefficient (Wildman–Crippen LogP) is 2.20. The number of benzene rings is 1. The van der Waals surface area contributed by atoms with Crippen molar-refractivity contribution in [3.63, 3.8) is 0 Å². The maximum absolute atomic E-state index is 12.5. The highest BCUT2D eigenvalue weighted by Crippen LogP contribution is 2.33. The summed E-state index contributed by atoms with van der Waals surface area (Å²) in [5, 5.41) is 8.51. The number of rotatable bonds is 4. The fourth-order valence-corrected chi connectivity index (χ4v) is 2.48. The molecule has 0 saturated carbocycles. The summed E-state index contributed by atoms with van der Waals surface area (Å²) in [5.74, 6) is -0.582. The van der Waals surface area contributed by atoms with Crippen LogP contribution >= 0.6 is 15.9 Å². The third-order valence-corrected chi connectivity index (χ3v) is 3.58. The number of hydrogen-bond donors (Lipinski definition) is 2. The van der Waals surface area contributed by atoms with Crippen LogP contribution in [0.25, 0.3) is 0 Å². The molecule has 0 saturated heterocycles. The molecule has 0 aliphatic heterocycles. The summed E-state index contributed by atoms with van der Waals surface area (Å²) in [6, 6.07) is 2.72. The van der Waals surface area contributed by atoms with Gasteiger partial charge in [0.1, 0.15) is 0 Å².